The van der Waals surface area contributed by atoms with Gasteiger partial charge in [0.1, 0.15) is 5.70 Å². The van der Waals surface area contributed by atoms with E-state index in [0.717, 1.165) is 30.8 Å². The van der Waals surface area contributed by atoms with Gasteiger partial charge in [0.2, 0.25) is 0 Å². The number of β-amino-alcohol motifs (C(OH)–C–C–N with tert-alkyl or cyclic N) is 1. The molecule has 3 amide bonds. The Morgan fingerprint density at radius 2 is 1.92 bits per heavy atom. The van der Waals surface area contributed by atoms with Gasteiger partial charge < -0.3 is 15.3 Å². The van der Waals surface area contributed by atoms with Gasteiger partial charge >= 0.3 is 0 Å². The lowest BCUT2D eigenvalue weighted by Crippen LogP contribution is -2.38. The standard InChI is InChI=1S/C19H23N3O4/c1-13-6-8-21(9-7-13)18(25)14-4-2-3-5-15(14)20-16-12-17(24)22(10-11-23)19(16)26/h2-5,12-13,20,23H,6-11H2,1H3. The Bertz CT molecular complexity index is 751. The molecular formula is C19H23N3O4. The first kappa shape index (κ1) is 18.1. The molecule has 0 aromatic heterocycles. The Kier molecular flexibility index (Phi) is 5.37. The zero-order chi connectivity index (χ0) is 18.7. The fourth-order valence-electron chi connectivity index (χ4n) is 3.22. The highest BCUT2D eigenvalue weighted by Gasteiger charge is 2.31. The average molecular weight is 357 g/mol. The molecule has 0 bridgehead atoms. The predicted molar refractivity (Wildman–Crippen MR) is 96.3 cm³/mol. The number of nitrogens with zero attached hydrogens (tertiary/aromatic N) is 2. The SMILES string of the molecule is CC1CCN(C(=O)c2ccccc2NC2=CC(=O)N(CCO)C2=O)CC1. The number of hydrogen-bond donors (Lipinski definition) is 2. The van der Waals surface area contributed by atoms with Gasteiger partial charge in [-0.25, -0.2) is 0 Å². The van der Waals surface area contributed by atoms with Crippen molar-refractivity contribution in [3.05, 3.63) is 41.6 Å². The minimum absolute atomic E-state index is 0.0497. The van der Waals surface area contributed by atoms with Crippen LogP contribution in [0, 0.1) is 5.92 Å². The van der Waals surface area contributed by atoms with Gasteiger partial charge in [0.15, 0.2) is 0 Å². The Morgan fingerprint density at radius 1 is 1.23 bits per heavy atom. The molecule has 0 unspecified atom stereocenters. The zero-order valence-corrected chi connectivity index (χ0v) is 14.8. The van der Waals surface area contributed by atoms with E-state index in [1.54, 1.807) is 24.3 Å². The number of rotatable bonds is 5. The molecule has 2 aliphatic heterocycles. The van der Waals surface area contributed by atoms with Crippen molar-refractivity contribution in [2.45, 2.75) is 19.8 Å². The van der Waals surface area contributed by atoms with E-state index in [0.29, 0.717) is 17.2 Å². The van der Waals surface area contributed by atoms with E-state index in [9.17, 15) is 14.4 Å². The second-order valence-corrected chi connectivity index (χ2v) is 6.72. The topological polar surface area (TPSA) is 90.0 Å². The van der Waals surface area contributed by atoms with Crippen molar-refractivity contribution in [2.24, 2.45) is 5.92 Å². The summed E-state index contributed by atoms with van der Waals surface area (Å²) in [5.41, 5.74) is 1.08. The summed E-state index contributed by atoms with van der Waals surface area (Å²) in [5, 5.41) is 11.9. The van der Waals surface area contributed by atoms with Crippen molar-refractivity contribution in [3.63, 3.8) is 0 Å². The normalized spacial score (nSPS) is 18.3. The van der Waals surface area contributed by atoms with Crippen LogP contribution < -0.4 is 5.32 Å². The molecule has 0 saturated carbocycles. The van der Waals surface area contributed by atoms with Gasteiger partial charge in [0.25, 0.3) is 17.7 Å². The summed E-state index contributed by atoms with van der Waals surface area (Å²) in [4.78, 5) is 39.9. The second kappa shape index (κ2) is 7.70. The molecule has 2 aliphatic rings. The van der Waals surface area contributed by atoms with Crippen molar-refractivity contribution in [1.29, 1.82) is 0 Å². The third-order valence-electron chi connectivity index (χ3n) is 4.83. The molecule has 1 fully saturated rings. The fourth-order valence-corrected chi connectivity index (χ4v) is 3.22. The lowest BCUT2D eigenvalue weighted by molar-refractivity contribution is -0.137. The van der Waals surface area contributed by atoms with Crippen LogP contribution in [0.3, 0.4) is 0 Å². The van der Waals surface area contributed by atoms with E-state index in [4.69, 9.17) is 5.11 Å². The summed E-state index contributed by atoms with van der Waals surface area (Å²) in [7, 11) is 0. The first-order chi connectivity index (χ1) is 12.5. The molecule has 1 aromatic rings. The van der Waals surface area contributed by atoms with Gasteiger partial charge in [0.05, 0.1) is 24.4 Å². The number of amides is 3. The number of hydrogen-bond acceptors (Lipinski definition) is 5. The van der Waals surface area contributed by atoms with Gasteiger partial charge in [-0.1, -0.05) is 19.1 Å². The summed E-state index contributed by atoms with van der Waals surface area (Å²) in [6.07, 6.45) is 3.16. The number of nitrogens with one attached hydrogen (secondary N) is 1. The molecule has 7 heteroatoms. The minimum atomic E-state index is -0.502. The fraction of sp³-hybridized carbons (Fsp3) is 0.421. The number of aliphatic hydroxyl groups excluding tert-OH is 1. The van der Waals surface area contributed by atoms with Crippen LogP contribution in [0.1, 0.15) is 30.1 Å². The first-order valence-electron chi connectivity index (χ1n) is 8.85. The van der Waals surface area contributed by atoms with Gasteiger partial charge in [0, 0.05) is 19.2 Å². The molecule has 2 N–H and O–H groups in total. The van der Waals surface area contributed by atoms with Crippen LogP contribution in [0.4, 0.5) is 5.69 Å². The van der Waals surface area contributed by atoms with Crippen molar-refractivity contribution >= 4 is 23.4 Å². The molecule has 138 valence electrons. The molecule has 26 heavy (non-hydrogen) atoms. The molecule has 0 spiro atoms. The number of anilines is 1. The van der Waals surface area contributed by atoms with E-state index in [2.05, 4.69) is 12.2 Å². The van der Waals surface area contributed by atoms with Crippen LogP contribution in [0.5, 0.6) is 0 Å². The number of benzene rings is 1. The zero-order valence-electron chi connectivity index (χ0n) is 14.8. The van der Waals surface area contributed by atoms with E-state index < -0.39 is 11.8 Å². The van der Waals surface area contributed by atoms with Crippen LogP contribution in [-0.4, -0.2) is 58.9 Å². The number of para-hydroxylation sites is 1. The molecular weight excluding hydrogens is 334 g/mol. The van der Waals surface area contributed by atoms with E-state index >= 15 is 0 Å². The molecule has 2 heterocycles. The summed E-state index contributed by atoms with van der Waals surface area (Å²) < 4.78 is 0. The maximum atomic E-state index is 12.9. The van der Waals surface area contributed by atoms with Crippen LogP contribution in [0.15, 0.2) is 36.0 Å². The van der Waals surface area contributed by atoms with Crippen LogP contribution >= 0.6 is 0 Å². The maximum absolute atomic E-state index is 12.9. The highest BCUT2D eigenvalue weighted by Crippen LogP contribution is 2.24. The van der Waals surface area contributed by atoms with Crippen molar-refractivity contribution in [3.8, 4) is 0 Å². The monoisotopic (exact) mass is 357 g/mol. The first-order valence-corrected chi connectivity index (χ1v) is 8.85. The Morgan fingerprint density at radius 3 is 2.62 bits per heavy atom. The Labute approximate surface area is 152 Å². The van der Waals surface area contributed by atoms with Crippen molar-refractivity contribution < 1.29 is 19.5 Å². The third kappa shape index (κ3) is 3.62. The highest BCUT2D eigenvalue weighted by molar-refractivity contribution is 6.17. The number of carbonyl (C=O) groups excluding carboxylic acids is 3. The number of carbonyl (C=O) groups is 3. The lowest BCUT2D eigenvalue weighted by atomic mass is 9.98. The number of likely N-dealkylation sites (tertiary alicyclic amines) is 1. The van der Waals surface area contributed by atoms with E-state index in [1.807, 2.05) is 4.90 Å². The largest absolute Gasteiger partial charge is 0.395 e. The minimum Gasteiger partial charge on any atom is -0.395 e. The Balaban J connectivity index is 1.78. The highest BCUT2D eigenvalue weighted by atomic mass is 16.3. The molecule has 1 saturated heterocycles. The summed E-state index contributed by atoms with van der Waals surface area (Å²) >= 11 is 0. The van der Waals surface area contributed by atoms with Crippen LogP contribution in [0.2, 0.25) is 0 Å². The Hall–Kier alpha value is -2.67. The van der Waals surface area contributed by atoms with Gasteiger partial charge in [-0.15, -0.1) is 0 Å². The molecule has 3 rings (SSSR count). The summed E-state index contributed by atoms with van der Waals surface area (Å²) in [6, 6.07) is 6.98. The number of aliphatic hydroxyl groups is 1. The van der Waals surface area contributed by atoms with Crippen LogP contribution in [0.25, 0.3) is 0 Å². The van der Waals surface area contributed by atoms with Gasteiger partial charge in [-0.2, -0.15) is 0 Å². The summed E-state index contributed by atoms with van der Waals surface area (Å²) in [6.45, 7) is 3.29. The second-order valence-electron chi connectivity index (χ2n) is 6.72. The molecule has 1 aromatic carbocycles. The third-order valence-corrected chi connectivity index (χ3v) is 4.83. The van der Waals surface area contributed by atoms with E-state index in [-0.39, 0.29) is 24.8 Å². The van der Waals surface area contributed by atoms with Crippen LogP contribution in [-0.2, 0) is 9.59 Å². The quantitative estimate of drug-likeness (QED) is 0.774. The van der Waals surface area contributed by atoms with Crippen molar-refractivity contribution in [2.75, 3.05) is 31.6 Å². The van der Waals surface area contributed by atoms with Gasteiger partial charge in [-0.3, -0.25) is 19.3 Å². The summed E-state index contributed by atoms with van der Waals surface area (Å²) in [5.74, 6) is -0.430. The number of piperidine rings is 1. The molecule has 7 nitrogen and oxygen atoms in total. The predicted octanol–water partition coefficient (Wildman–Crippen LogP) is 1.22. The molecule has 0 atom stereocenters. The molecule has 0 aliphatic carbocycles. The van der Waals surface area contributed by atoms with Gasteiger partial charge in [-0.05, 0) is 30.9 Å². The smallest absolute Gasteiger partial charge is 0.277 e. The average Bonchev–Trinajstić information content (AvgIpc) is 2.90. The van der Waals surface area contributed by atoms with Crippen molar-refractivity contribution in [1.82, 2.24) is 9.80 Å². The van der Waals surface area contributed by atoms with E-state index in [1.165, 1.54) is 6.08 Å². The molecule has 0 radical (unpaired) electrons. The maximum Gasteiger partial charge on any atom is 0.277 e. The number of imide groups is 1. The lowest BCUT2D eigenvalue weighted by Gasteiger charge is -2.31.